The van der Waals surface area contributed by atoms with Crippen LogP contribution in [0.5, 0.6) is 0 Å². The van der Waals surface area contributed by atoms with Gasteiger partial charge in [-0.2, -0.15) is 31.4 Å². The molecular formula is C20H17F6N5O3S. The van der Waals surface area contributed by atoms with E-state index in [-0.39, 0.29) is 22.5 Å². The van der Waals surface area contributed by atoms with Gasteiger partial charge in [-0.05, 0) is 25.1 Å². The summed E-state index contributed by atoms with van der Waals surface area (Å²) in [5, 5.41) is 3.98. The van der Waals surface area contributed by atoms with Crippen molar-refractivity contribution >= 4 is 15.7 Å². The van der Waals surface area contributed by atoms with Gasteiger partial charge in [0.25, 0.3) is 5.91 Å². The lowest BCUT2D eigenvalue weighted by molar-refractivity contribution is -0.143. The molecule has 35 heavy (non-hydrogen) atoms. The third-order valence-electron chi connectivity index (χ3n) is 5.07. The average Bonchev–Trinajstić information content (AvgIpc) is 3.22. The van der Waals surface area contributed by atoms with Crippen molar-refractivity contribution in [1.29, 1.82) is 0 Å². The first-order chi connectivity index (χ1) is 16.0. The van der Waals surface area contributed by atoms with Crippen LogP contribution >= 0.6 is 0 Å². The smallest absolute Gasteiger partial charge is 0.333 e. The van der Waals surface area contributed by atoms with E-state index in [0.29, 0.717) is 12.1 Å². The van der Waals surface area contributed by atoms with Gasteiger partial charge in [0.15, 0.2) is 15.7 Å². The molecule has 0 N–H and O–H groups in total. The predicted octanol–water partition coefficient (Wildman–Crippen LogP) is 3.94. The topological polar surface area (TPSA) is 98.0 Å². The van der Waals surface area contributed by atoms with Gasteiger partial charge in [-0.3, -0.25) is 9.78 Å². The zero-order valence-electron chi connectivity index (χ0n) is 18.3. The second-order valence-electron chi connectivity index (χ2n) is 7.53. The van der Waals surface area contributed by atoms with Gasteiger partial charge in [0.1, 0.15) is 4.90 Å². The Hall–Kier alpha value is -3.49. The predicted molar refractivity (Wildman–Crippen MR) is 109 cm³/mol. The van der Waals surface area contributed by atoms with E-state index in [1.165, 1.54) is 25.5 Å². The molecule has 15 heteroatoms. The molecule has 0 saturated carbocycles. The lowest BCUT2D eigenvalue weighted by Gasteiger charge is -2.27. The minimum atomic E-state index is -5.14. The lowest BCUT2D eigenvalue weighted by Crippen LogP contribution is -2.32. The van der Waals surface area contributed by atoms with Crippen molar-refractivity contribution in [2.75, 3.05) is 13.3 Å². The molecular weight excluding hydrogens is 504 g/mol. The first-order valence-electron chi connectivity index (χ1n) is 9.63. The van der Waals surface area contributed by atoms with Crippen LogP contribution in [-0.4, -0.2) is 52.3 Å². The molecule has 1 atom stereocenters. The highest BCUT2D eigenvalue weighted by Gasteiger charge is 2.38. The van der Waals surface area contributed by atoms with Gasteiger partial charge < -0.3 is 4.90 Å². The first-order valence-corrected chi connectivity index (χ1v) is 11.5. The van der Waals surface area contributed by atoms with Crippen LogP contribution in [0.1, 0.15) is 40.1 Å². The summed E-state index contributed by atoms with van der Waals surface area (Å²) in [6, 6.07) is -0.665. The molecule has 0 fully saturated rings. The van der Waals surface area contributed by atoms with E-state index in [9.17, 15) is 39.6 Å². The Morgan fingerprint density at radius 2 is 1.57 bits per heavy atom. The van der Waals surface area contributed by atoms with Crippen LogP contribution in [0.25, 0.3) is 5.82 Å². The Bertz CT molecular complexity index is 1320. The number of carbonyl (C=O) groups excluding carboxylic acids is 1. The summed E-state index contributed by atoms with van der Waals surface area (Å²) in [5.74, 6) is -1.14. The fourth-order valence-corrected chi connectivity index (χ4v) is 4.11. The lowest BCUT2D eigenvalue weighted by atomic mass is 10.0. The molecule has 0 saturated heterocycles. The number of hydrogen-bond donors (Lipinski definition) is 0. The normalized spacial score (nSPS) is 13.5. The Labute approximate surface area is 195 Å². The minimum Gasteiger partial charge on any atom is -0.333 e. The third-order valence-corrected chi connectivity index (χ3v) is 6.18. The molecule has 1 unspecified atom stereocenters. The number of aromatic nitrogens is 4. The third kappa shape index (κ3) is 5.44. The molecule has 1 amide bonds. The van der Waals surface area contributed by atoms with E-state index in [1.807, 2.05) is 0 Å². The fourth-order valence-electron chi connectivity index (χ4n) is 3.24. The number of benzene rings is 1. The second-order valence-corrected chi connectivity index (χ2v) is 9.51. The van der Waals surface area contributed by atoms with Crippen LogP contribution in [0.2, 0.25) is 0 Å². The van der Waals surface area contributed by atoms with Crippen molar-refractivity contribution in [2.24, 2.45) is 0 Å². The molecule has 188 valence electrons. The van der Waals surface area contributed by atoms with Crippen LogP contribution in [0.4, 0.5) is 26.3 Å². The average molecular weight is 521 g/mol. The molecule has 2 heterocycles. The molecule has 0 bridgehead atoms. The van der Waals surface area contributed by atoms with Crippen LogP contribution in [0, 0.1) is 0 Å². The Kier molecular flexibility index (Phi) is 6.67. The number of hydrogen-bond acceptors (Lipinski definition) is 6. The molecule has 0 aliphatic rings. The van der Waals surface area contributed by atoms with Crippen molar-refractivity contribution in [3.8, 4) is 5.82 Å². The molecule has 0 radical (unpaired) electrons. The van der Waals surface area contributed by atoms with Gasteiger partial charge in [-0.15, -0.1) is 0 Å². The van der Waals surface area contributed by atoms with Gasteiger partial charge in [0.2, 0.25) is 0 Å². The molecule has 0 spiro atoms. The maximum Gasteiger partial charge on any atom is 0.416 e. The summed E-state index contributed by atoms with van der Waals surface area (Å²) in [6.07, 6.45) is -4.52. The zero-order chi connectivity index (χ0) is 26.3. The number of halogens is 6. The molecule has 2 aromatic heterocycles. The van der Waals surface area contributed by atoms with Crippen molar-refractivity contribution in [2.45, 2.75) is 30.2 Å². The largest absolute Gasteiger partial charge is 0.416 e. The second kappa shape index (κ2) is 8.94. The van der Waals surface area contributed by atoms with Crippen LogP contribution in [0.15, 0.2) is 47.9 Å². The SMILES string of the molecule is CC(c1c(S(C)(=O)=O)cnn1-c1cnccn1)N(C)C(=O)c1cc(C(F)(F)F)cc(C(F)(F)F)c1. The van der Waals surface area contributed by atoms with Gasteiger partial charge in [0, 0.05) is 31.3 Å². The summed E-state index contributed by atoms with van der Waals surface area (Å²) in [4.78, 5) is 21.4. The van der Waals surface area contributed by atoms with E-state index < -0.39 is 50.8 Å². The number of alkyl halides is 6. The van der Waals surface area contributed by atoms with Crippen molar-refractivity contribution in [3.05, 3.63) is 65.4 Å². The van der Waals surface area contributed by atoms with Gasteiger partial charge in [-0.1, -0.05) is 0 Å². The number of rotatable bonds is 5. The molecule has 8 nitrogen and oxygen atoms in total. The Morgan fingerprint density at radius 1 is 1.00 bits per heavy atom. The number of carbonyl (C=O) groups is 1. The standard InChI is InChI=1S/C20H17F6N5O3S/c1-11(17-15(35(3,33)34)9-29-31(17)16-10-27-4-5-28-16)30(2)18(32)12-6-13(19(21,22)23)8-14(7-12)20(24,25)26/h4-11H,1-3H3. The maximum absolute atomic E-state index is 13.2. The van der Waals surface area contributed by atoms with E-state index >= 15 is 0 Å². The summed E-state index contributed by atoms with van der Waals surface area (Å²) in [7, 11) is -2.80. The van der Waals surface area contributed by atoms with E-state index in [2.05, 4.69) is 15.1 Å². The summed E-state index contributed by atoms with van der Waals surface area (Å²) in [5.41, 5.74) is -4.28. The minimum absolute atomic E-state index is 0.0727. The van der Waals surface area contributed by atoms with E-state index in [1.54, 1.807) is 0 Å². The highest BCUT2D eigenvalue weighted by Crippen LogP contribution is 2.37. The van der Waals surface area contributed by atoms with Crippen molar-refractivity contribution in [1.82, 2.24) is 24.6 Å². The molecule has 0 aliphatic heterocycles. The quantitative estimate of drug-likeness (QED) is 0.472. The molecule has 3 aromatic rings. The fraction of sp³-hybridized carbons (Fsp3) is 0.300. The Balaban J connectivity index is 2.12. The molecule has 3 rings (SSSR count). The summed E-state index contributed by atoms with van der Waals surface area (Å²) in [6.45, 7) is 1.34. The van der Waals surface area contributed by atoms with E-state index in [0.717, 1.165) is 29.1 Å². The van der Waals surface area contributed by atoms with Gasteiger partial charge >= 0.3 is 12.4 Å². The van der Waals surface area contributed by atoms with Crippen molar-refractivity contribution < 1.29 is 39.6 Å². The highest BCUT2D eigenvalue weighted by atomic mass is 32.2. The van der Waals surface area contributed by atoms with Gasteiger partial charge in [-0.25, -0.2) is 18.1 Å². The number of amides is 1. The number of sulfone groups is 1. The summed E-state index contributed by atoms with van der Waals surface area (Å²) < 4.78 is 105. The highest BCUT2D eigenvalue weighted by molar-refractivity contribution is 7.90. The van der Waals surface area contributed by atoms with Crippen LogP contribution in [-0.2, 0) is 22.2 Å². The monoisotopic (exact) mass is 521 g/mol. The van der Waals surface area contributed by atoms with Gasteiger partial charge in [0.05, 0.1) is 35.3 Å². The first kappa shape index (κ1) is 26.1. The molecule has 1 aromatic carbocycles. The van der Waals surface area contributed by atoms with E-state index in [4.69, 9.17) is 0 Å². The van der Waals surface area contributed by atoms with Crippen LogP contribution in [0.3, 0.4) is 0 Å². The van der Waals surface area contributed by atoms with Crippen molar-refractivity contribution in [3.63, 3.8) is 0 Å². The number of nitrogens with zero attached hydrogens (tertiary/aromatic N) is 5. The van der Waals surface area contributed by atoms with Crippen LogP contribution < -0.4 is 0 Å². The molecule has 0 aliphatic carbocycles. The maximum atomic E-state index is 13.2. The zero-order valence-corrected chi connectivity index (χ0v) is 19.1. The Morgan fingerprint density at radius 3 is 2.03 bits per heavy atom. The summed E-state index contributed by atoms with van der Waals surface area (Å²) >= 11 is 0.